The van der Waals surface area contributed by atoms with Crippen molar-refractivity contribution in [1.82, 2.24) is 19.8 Å². The molecule has 0 spiro atoms. The summed E-state index contributed by atoms with van der Waals surface area (Å²) in [4.78, 5) is 36.3. The molecule has 0 saturated heterocycles. The van der Waals surface area contributed by atoms with Crippen molar-refractivity contribution in [2.24, 2.45) is 0 Å². The van der Waals surface area contributed by atoms with E-state index in [0.29, 0.717) is 18.8 Å². The zero-order valence-corrected chi connectivity index (χ0v) is 15.0. The predicted octanol–water partition coefficient (Wildman–Crippen LogP) is 2.07. The Hall–Kier alpha value is -2.28. The average molecular weight is 346 g/mol. The number of hydrogen-bond acceptors (Lipinski definition) is 5. The van der Waals surface area contributed by atoms with Gasteiger partial charge in [-0.1, -0.05) is 6.07 Å². The molecule has 0 saturated carbocycles. The Balaban J connectivity index is 1.95. The minimum absolute atomic E-state index is 0.0386. The van der Waals surface area contributed by atoms with Crippen molar-refractivity contribution in [2.45, 2.75) is 20.3 Å². The van der Waals surface area contributed by atoms with Crippen LogP contribution in [0.4, 0.5) is 0 Å². The summed E-state index contributed by atoms with van der Waals surface area (Å²) < 4.78 is 0. The second-order valence-corrected chi connectivity index (χ2v) is 6.21. The molecule has 2 heterocycles. The van der Waals surface area contributed by atoms with Crippen LogP contribution in [0.3, 0.4) is 0 Å². The molecule has 0 aliphatic heterocycles. The quantitative estimate of drug-likeness (QED) is 0.770. The summed E-state index contributed by atoms with van der Waals surface area (Å²) in [5.41, 5.74) is 1.50. The van der Waals surface area contributed by atoms with Gasteiger partial charge in [0.05, 0.1) is 24.4 Å². The van der Waals surface area contributed by atoms with Gasteiger partial charge in [0.15, 0.2) is 0 Å². The Bertz CT molecular complexity index is 683. The molecule has 24 heavy (non-hydrogen) atoms. The first kappa shape index (κ1) is 18.1. The van der Waals surface area contributed by atoms with Gasteiger partial charge < -0.3 is 9.80 Å². The van der Waals surface area contributed by atoms with E-state index in [1.807, 2.05) is 37.4 Å². The molecule has 2 aromatic heterocycles. The molecule has 0 bridgehead atoms. The van der Waals surface area contributed by atoms with Gasteiger partial charge in [-0.05, 0) is 26.0 Å². The predicted molar refractivity (Wildman–Crippen MR) is 94.6 cm³/mol. The maximum atomic E-state index is 12.3. The smallest absolute Gasteiger partial charge is 0.242 e. The zero-order valence-electron chi connectivity index (χ0n) is 14.2. The Morgan fingerprint density at radius 3 is 2.54 bits per heavy atom. The first-order valence-corrected chi connectivity index (χ1v) is 8.80. The Labute approximate surface area is 146 Å². The van der Waals surface area contributed by atoms with Gasteiger partial charge in [-0.15, -0.1) is 11.3 Å². The Morgan fingerprint density at radius 2 is 1.92 bits per heavy atom. The van der Waals surface area contributed by atoms with Crippen LogP contribution in [0, 0.1) is 0 Å². The molecule has 0 aromatic carbocycles. The van der Waals surface area contributed by atoms with Crippen LogP contribution < -0.4 is 0 Å². The maximum absolute atomic E-state index is 12.3. The minimum atomic E-state index is -0.117. The van der Waals surface area contributed by atoms with Crippen molar-refractivity contribution < 1.29 is 9.59 Å². The second kappa shape index (κ2) is 8.54. The topological polar surface area (TPSA) is 66.4 Å². The molecule has 0 radical (unpaired) electrons. The molecule has 6 nitrogen and oxygen atoms in total. The van der Waals surface area contributed by atoms with E-state index >= 15 is 0 Å². The van der Waals surface area contributed by atoms with Gasteiger partial charge in [0.25, 0.3) is 0 Å². The lowest BCUT2D eigenvalue weighted by atomic mass is 10.3. The number of rotatable bonds is 7. The highest BCUT2D eigenvalue weighted by atomic mass is 32.1. The molecule has 0 atom stereocenters. The highest BCUT2D eigenvalue weighted by Gasteiger charge is 2.18. The molecule has 0 aliphatic carbocycles. The van der Waals surface area contributed by atoms with Crippen molar-refractivity contribution in [2.75, 3.05) is 26.7 Å². The SMILES string of the molecule is CCN(CC)C(=O)CN(C)C(=O)Cc1csc(-c2ccccn2)n1. The normalized spacial score (nSPS) is 10.5. The van der Waals surface area contributed by atoms with Crippen LogP contribution >= 0.6 is 11.3 Å². The van der Waals surface area contributed by atoms with Crippen LogP contribution in [-0.4, -0.2) is 58.3 Å². The summed E-state index contributed by atoms with van der Waals surface area (Å²) in [6.07, 6.45) is 1.90. The number of carbonyl (C=O) groups is 2. The van der Waals surface area contributed by atoms with Gasteiger partial charge >= 0.3 is 0 Å². The Kier molecular flexibility index (Phi) is 6.43. The summed E-state index contributed by atoms with van der Waals surface area (Å²) in [5.74, 6) is -0.156. The number of pyridine rings is 1. The first-order chi connectivity index (χ1) is 11.5. The van der Waals surface area contributed by atoms with Gasteiger partial charge in [0.1, 0.15) is 5.01 Å². The molecular formula is C17H22N4O2S. The van der Waals surface area contributed by atoms with Crippen LogP contribution in [0.15, 0.2) is 29.8 Å². The number of likely N-dealkylation sites (N-methyl/N-ethyl adjacent to an activating group) is 2. The van der Waals surface area contributed by atoms with Gasteiger partial charge in [-0.2, -0.15) is 0 Å². The third kappa shape index (κ3) is 4.61. The van der Waals surface area contributed by atoms with Crippen LogP contribution in [0.25, 0.3) is 10.7 Å². The molecule has 2 rings (SSSR count). The monoisotopic (exact) mass is 346 g/mol. The van der Waals surface area contributed by atoms with E-state index in [1.54, 1.807) is 18.1 Å². The van der Waals surface area contributed by atoms with Gasteiger partial charge in [-0.25, -0.2) is 4.98 Å². The van der Waals surface area contributed by atoms with Crippen molar-refractivity contribution >= 4 is 23.2 Å². The number of nitrogens with zero attached hydrogens (tertiary/aromatic N) is 4. The zero-order chi connectivity index (χ0) is 17.5. The standard InChI is InChI=1S/C17H22N4O2S/c1-4-21(5-2)16(23)11-20(3)15(22)10-13-12-24-17(19-13)14-8-6-7-9-18-14/h6-9,12H,4-5,10-11H2,1-3H3. The summed E-state index contributed by atoms with van der Waals surface area (Å²) >= 11 is 1.46. The van der Waals surface area contributed by atoms with Gasteiger partial charge in [0.2, 0.25) is 11.8 Å². The lowest BCUT2D eigenvalue weighted by molar-refractivity contribution is -0.138. The van der Waals surface area contributed by atoms with E-state index in [9.17, 15) is 9.59 Å². The molecule has 0 fully saturated rings. The van der Waals surface area contributed by atoms with E-state index in [2.05, 4.69) is 9.97 Å². The second-order valence-electron chi connectivity index (χ2n) is 5.35. The Morgan fingerprint density at radius 1 is 1.17 bits per heavy atom. The van der Waals surface area contributed by atoms with Crippen molar-refractivity contribution in [3.8, 4) is 10.7 Å². The lowest BCUT2D eigenvalue weighted by Crippen LogP contribution is -2.41. The third-order valence-corrected chi connectivity index (χ3v) is 4.60. The average Bonchev–Trinajstić information content (AvgIpc) is 3.05. The van der Waals surface area contributed by atoms with E-state index in [0.717, 1.165) is 10.7 Å². The largest absolute Gasteiger partial charge is 0.342 e. The number of carbonyl (C=O) groups excluding carboxylic acids is 2. The fourth-order valence-corrected chi connectivity index (χ4v) is 3.05. The number of hydrogen-bond donors (Lipinski definition) is 0. The molecule has 2 amide bonds. The highest BCUT2D eigenvalue weighted by Crippen LogP contribution is 2.21. The van der Waals surface area contributed by atoms with Gasteiger partial charge in [-0.3, -0.25) is 14.6 Å². The molecular weight excluding hydrogens is 324 g/mol. The van der Waals surface area contributed by atoms with Crippen molar-refractivity contribution in [3.05, 3.63) is 35.5 Å². The fourth-order valence-electron chi connectivity index (χ4n) is 2.25. The number of aromatic nitrogens is 2. The van der Waals surface area contributed by atoms with Gasteiger partial charge in [0, 0.05) is 31.7 Å². The van der Waals surface area contributed by atoms with Crippen molar-refractivity contribution in [1.29, 1.82) is 0 Å². The summed E-state index contributed by atoms with van der Waals surface area (Å²) in [7, 11) is 1.65. The van der Waals surface area contributed by atoms with Crippen LogP contribution in [0.2, 0.25) is 0 Å². The number of amides is 2. The fraction of sp³-hybridized carbons (Fsp3) is 0.412. The van der Waals surface area contributed by atoms with Crippen LogP contribution in [-0.2, 0) is 16.0 Å². The van der Waals surface area contributed by atoms with E-state index < -0.39 is 0 Å². The van der Waals surface area contributed by atoms with Crippen molar-refractivity contribution in [3.63, 3.8) is 0 Å². The van der Waals surface area contributed by atoms with Crippen LogP contribution in [0.1, 0.15) is 19.5 Å². The molecule has 0 unspecified atom stereocenters. The lowest BCUT2D eigenvalue weighted by Gasteiger charge is -2.23. The molecule has 0 N–H and O–H groups in total. The summed E-state index contributed by atoms with van der Waals surface area (Å²) in [6.45, 7) is 5.25. The maximum Gasteiger partial charge on any atom is 0.242 e. The van der Waals surface area contributed by atoms with E-state index in [1.165, 1.54) is 16.2 Å². The molecule has 128 valence electrons. The summed E-state index contributed by atoms with van der Waals surface area (Å²) in [5, 5.41) is 2.65. The van der Waals surface area contributed by atoms with E-state index in [4.69, 9.17) is 0 Å². The molecule has 2 aromatic rings. The van der Waals surface area contributed by atoms with Crippen LogP contribution in [0.5, 0.6) is 0 Å². The molecule has 7 heteroatoms. The minimum Gasteiger partial charge on any atom is -0.342 e. The third-order valence-electron chi connectivity index (χ3n) is 3.68. The number of thiazole rings is 1. The first-order valence-electron chi connectivity index (χ1n) is 7.92. The van der Waals surface area contributed by atoms with E-state index in [-0.39, 0.29) is 24.8 Å². The highest BCUT2D eigenvalue weighted by molar-refractivity contribution is 7.13. The molecule has 0 aliphatic rings. The summed E-state index contributed by atoms with van der Waals surface area (Å²) in [6, 6.07) is 5.64.